The van der Waals surface area contributed by atoms with Gasteiger partial charge in [0.05, 0.1) is 11.3 Å². The van der Waals surface area contributed by atoms with E-state index in [4.69, 9.17) is 0 Å². The van der Waals surface area contributed by atoms with Crippen molar-refractivity contribution in [3.05, 3.63) is 52.4 Å². The zero-order valence-electron chi connectivity index (χ0n) is 10.8. The largest absolute Gasteiger partial charge is 0.370 e. The molecule has 2 N–H and O–H groups in total. The van der Waals surface area contributed by atoms with Gasteiger partial charge < -0.3 is 10.6 Å². The molecular formula is C14H13BrFN3O. The standard InChI is InChI=1S/C14H13BrFN3O/c1-2-17-13-6-3-9(8-18-13)14(20)19-12-7-10(16)4-5-11(12)15/h3-8H,2H2,1H3,(H,17,18)(H,19,20). The van der Waals surface area contributed by atoms with Crippen LogP contribution in [0.25, 0.3) is 0 Å². The number of benzene rings is 1. The second-order valence-corrected chi connectivity index (χ2v) is 4.90. The topological polar surface area (TPSA) is 54.0 Å². The predicted octanol–water partition coefficient (Wildman–Crippen LogP) is 3.67. The molecule has 1 aromatic carbocycles. The number of carbonyl (C=O) groups is 1. The number of nitrogens with zero attached hydrogens (tertiary/aromatic N) is 1. The summed E-state index contributed by atoms with van der Waals surface area (Å²) in [5.41, 5.74) is 0.786. The molecule has 0 saturated heterocycles. The fourth-order valence-corrected chi connectivity index (χ4v) is 1.95. The van der Waals surface area contributed by atoms with Crippen LogP contribution in [0.15, 0.2) is 41.0 Å². The molecule has 0 spiro atoms. The summed E-state index contributed by atoms with van der Waals surface area (Å²) >= 11 is 3.26. The first-order valence-corrected chi connectivity index (χ1v) is 6.85. The van der Waals surface area contributed by atoms with E-state index in [1.165, 1.54) is 24.4 Å². The Balaban J connectivity index is 2.13. The Morgan fingerprint density at radius 2 is 2.15 bits per heavy atom. The molecule has 0 fully saturated rings. The van der Waals surface area contributed by atoms with Crippen molar-refractivity contribution in [2.45, 2.75) is 6.92 Å². The Hall–Kier alpha value is -1.95. The van der Waals surface area contributed by atoms with Crippen LogP contribution in [-0.2, 0) is 0 Å². The molecule has 104 valence electrons. The van der Waals surface area contributed by atoms with Gasteiger partial charge in [0, 0.05) is 17.2 Å². The lowest BCUT2D eigenvalue weighted by Crippen LogP contribution is -2.13. The van der Waals surface area contributed by atoms with Gasteiger partial charge in [-0.15, -0.1) is 0 Å². The normalized spacial score (nSPS) is 10.2. The van der Waals surface area contributed by atoms with Crippen molar-refractivity contribution in [1.29, 1.82) is 0 Å². The lowest BCUT2D eigenvalue weighted by molar-refractivity contribution is 0.102. The maximum atomic E-state index is 13.1. The van der Waals surface area contributed by atoms with Crippen LogP contribution in [0.1, 0.15) is 17.3 Å². The summed E-state index contributed by atoms with van der Waals surface area (Å²) in [6.07, 6.45) is 1.47. The summed E-state index contributed by atoms with van der Waals surface area (Å²) in [4.78, 5) is 16.1. The van der Waals surface area contributed by atoms with Crippen LogP contribution >= 0.6 is 15.9 Å². The summed E-state index contributed by atoms with van der Waals surface area (Å²) in [6, 6.07) is 7.49. The molecule has 0 atom stereocenters. The minimum Gasteiger partial charge on any atom is -0.370 e. The van der Waals surface area contributed by atoms with Crippen LogP contribution in [-0.4, -0.2) is 17.4 Å². The molecular weight excluding hydrogens is 325 g/mol. The van der Waals surface area contributed by atoms with E-state index in [2.05, 4.69) is 31.5 Å². The van der Waals surface area contributed by atoms with E-state index < -0.39 is 5.82 Å². The van der Waals surface area contributed by atoms with E-state index in [0.717, 1.165) is 6.54 Å². The second kappa shape index (κ2) is 6.47. The number of pyridine rings is 1. The van der Waals surface area contributed by atoms with E-state index >= 15 is 0 Å². The van der Waals surface area contributed by atoms with Gasteiger partial charge in [0.25, 0.3) is 5.91 Å². The molecule has 0 unspecified atom stereocenters. The maximum absolute atomic E-state index is 13.1. The molecule has 1 amide bonds. The van der Waals surface area contributed by atoms with Crippen LogP contribution in [0.3, 0.4) is 0 Å². The predicted molar refractivity (Wildman–Crippen MR) is 80.5 cm³/mol. The molecule has 2 aromatic rings. The van der Waals surface area contributed by atoms with Crippen molar-refractivity contribution in [2.75, 3.05) is 17.2 Å². The maximum Gasteiger partial charge on any atom is 0.257 e. The fourth-order valence-electron chi connectivity index (χ4n) is 1.60. The van der Waals surface area contributed by atoms with Gasteiger partial charge in [-0.05, 0) is 53.2 Å². The van der Waals surface area contributed by atoms with Gasteiger partial charge in [0.1, 0.15) is 11.6 Å². The number of rotatable bonds is 4. The van der Waals surface area contributed by atoms with E-state index in [9.17, 15) is 9.18 Å². The van der Waals surface area contributed by atoms with Crippen molar-refractivity contribution >= 4 is 33.3 Å². The molecule has 2 rings (SSSR count). The van der Waals surface area contributed by atoms with E-state index in [1.807, 2.05) is 6.92 Å². The first-order chi connectivity index (χ1) is 9.60. The summed E-state index contributed by atoms with van der Waals surface area (Å²) < 4.78 is 13.8. The molecule has 0 radical (unpaired) electrons. The molecule has 0 aliphatic carbocycles. The minimum absolute atomic E-state index is 0.341. The third kappa shape index (κ3) is 3.54. The number of amides is 1. The van der Waals surface area contributed by atoms with Crippen molar-refractivity contribution in [3.63, 3.8) is 0 Å². The number of anilines is 2. The van der Waals surface area contributed by atoms with Crippen molar-refractivity contribution in [1.82, 2.24) is 4.98 Å². The average molecular weight is 338 g/mol. The van der Waals surface area contributed by atoms with E-state index in [-0.39, 0.29) is 5.91 Å². The molecule has 4 nitrogen and oxygen atoms in total. The first kappa shape index (κ1) is 14.5. The van der Waals surface area contributed by atoms with Gasteiger partial charge >= 0.3 is 0 Å². The van der Waals surface area contributed by atoms with Gasteiger partial charge in [0.2, 0.25) is 0 Å². The number of halogens is 2. The highest BCUT2D eigenvalue weighted by Crippen LogP contribution is 2.23. The average Bonchev–Trinajstić information content (AvgIpc) is 2.44. The molecule has 0 saturated carbocycles. The highest BCUT2D eigenvalue weighted by Gasteiger charge is 2.09. The molecule has 0 aliphatic rings. The van der Waals surface area contributed by atoms with Gasteiger partial charge in [-0.1, -0.05) is 0 Å². The van der Waals surface area contributed by atoms with Gasteiger partial charge in [0.15, 0.2) is 0 Å². The first-order valence-electron chi connectivity index (χ1n) is 6.06. The number of hydrogen-bond donors (Lipinski definition) is 2. The molecule has 0 aliphatic heterocycles. The van der Waals surface area contributed by atoms with Crippen LogP contribution in [0.4, 0.5) is 15.9 Å². The Morgan fingerprint density at radius 1 is 1.35 bits per heavy atom. The highest BCUT2D eigenvalue weighted by molar-refractivity contribution is 9.10. The lowest BCUT2D eigenvalue weighted by atomic mass is 10.2. The third-order valence-electron chi connectivity index (χ3n) is 2.56. The monoisotopic (exact) mass is 337 g/mol. The van der Waals surface area contributed by atoms with Crippen molar-refractivity contribution in [2.24, 2.45) is 0 Å². The van der Waals surface area contributed by atoms with E-state index in [0.29, 0.717) is 21.5 Å². The van der Waals surface area contributed by atoms with Gasteiger partial charge in [-0.25, -0.2) is 9.37 Å². The summed E-state index contributed by atoms with van der Waals surface area (Å²) in [5.74, 6) is -0.0491. The smallest absolute Gasteiger partial charge is 0.257 e. The Morgan fingerprint density at radius 3 is 2.80 bits per heavy atom. The third-order valence-corrected chi connectivity index (χ3v) is 3.25. The number of nitrogens with one attached hydrogen (secondary N) is 2. The molecule has 20 heavy (non-hydrogen) atoms. The van der Waals surface area contributed by atoms with Crippen LogP contribution in [0.5, 0.6) is 0 Å². The Bertz CT molecular complexity index is 616. The molecule has 6 heteroatoms. The Labute approximate surface area is 124 Å². The number of hydrogen-bond acceptors (Lipinski definition) is 3. The zero-order chi connectivity index (χ0) is 14.5. The summed E-state index contributed by atoms with van der Waals surface area (Å²) in [7, 11) is 0. The second-order valence-electron chi connectivity index (χ2n) is 4.04. The SMILES string of the molecule is CCNc1ccc(C(=O)Nc2cc(F)ccc2Br)cn1. The minimum atomic E-state index is -0.413. The lowest BCUT2D eigenvalue weighted by Gasteiger charge is -2.08. The van der Waals surface area contributed by atoms with Gasteiger partial charge in [-0.2, -0.15) is 0 Å². The van der Waals surface area contributed by atoms with Crippen molar-refractivity contribution < 1.29 is 9.18 Å². The van der Waals surface area contributed by atoms with Crippen LogP contribution < -0.4 is 10.6 Å². The zero-order valence-corrected chi connectivity index (χ0v) is 12.4. The van der Waals surface area contributed by atoms with E-state index in [1.54, 1.807) is 12.1 Å². The number of carbonyl (C=O) groups excluding carboxylic acids is 1. The molecule has 1 aromatic heterocycles. The van der Waals surface area contributed by atoms with Gasteiger partial charge in [-0.3, -0.25) is 4.79 Å². The molecule has 0 bridgehead atoms. The Kier molecular flexibility index (Phi) is 4.68. The quantitative estimate of drug-likeness (QED) is 0.894. The van der Waals surface area contributed by atoms with Crippen molar-refractivity contribution in [3.8, 4) is 0 Å². The number of aromatic nitrogens is 1. The van der Waals surface area contributed by atoms with Crippen LogP contribution in [0.2, 0.25) is 0 Å². The molecule has 1 heterocycles. The van der Waals surface area contributed by atoms with Crippen LogP contribution in [0, 0.1) is 5.82 Å². The summed E-state index contributed by atoms with van der Waals surface area (Å²) in [6.45, 7) is 2.72. The fraction of sp³-hybridized carbons (Fsp3) is 0.143. The highest BCUT2D eigenvalue weighted by atomic mass is 79.9. The summed E-state index contributed by atoms with van der Waals surface area (Å²) in [5, 5.41) is 5.67.